The van der Waals surface area contributed by atoms with Crippen molar-refractivity contribution in [3.63, 3.8) is 0 Å². The van der Waals surface area contributed by atoms with E-state index in [0.29, 0.717) is 42.8 Å². The van der Waals surface area contributed by atoms with Crippen molar-refractivity contribution in [3.05, 3.63) is 22.7 Å². The third-order valence-electron chi connectivity index (χ3n) is 4.57. The number of ether oxygens (including phenoxy) is 1. The number of carbonyl (C=O) groups excluding carboxylic acids is 1. The number of fused-ring (bicyclic) bond motifs is 1. The molecule has 0 saturated carbocycles. The fourth-order valence-corrected chi connectivity index (χ4v) is 3.74. The fourth-order valence-electron chi connectivity index (χ4n) is 3.20. The van der Waals surface area contributed by atoms with E-state index in [1.165, 1.54) is 11.3 Å². The Morgan fingerprint density at radius 2 is 2.08 bits per heavy atom. The lowest BCUT2D eigenvalue weighted by Crippen LogP contribution is -2.34. The largest absolute Gasteiger partial charge is 0.381 e. The topological polar surface area (TPSA) is 99.2 Å². The van der Waals surface area contributed by atoms with Crippen LogP contribution in [-0.2, 0) is 17.7 Å². The van der Waals surface area contributed by atoms with Gasteiger partial charge in [-0.25, -0.2) is 14.6 Å². The first-order valence-electron chi connectivity index (χ1n) is 8.22. The van der Waals surface area contributed by atoms with Gasteiger partial charge >= 0.3 is 0 Å². The van der Waals surface area contributed by atoms with E-state index in [-0.39, 0.29) is 5.91 Å². The van der Waals surface area contributed by atoms with Gasteiger partial charge in [-0.1, -0.05) is 0 Å². The zero-order valence-corrected chi connectivity index (χ0v) is 14.2. The fraction of sp³-hybridized carbons (Fsp3) is 0.600. The number of amides is 1. The number of hydrogen-bond acceptors (Lipinski definition) is 7. The highest BCUT2D eigenvalue weighted by molar-refractivity contribution is 7.13. The van der Waals surface area contributed by atoms with E-state index < -0.39 is 0 Å². The van der Waals surface area contributed by atoms with E-state index >= 15 is 0 Å². The zero-order chi connectivity index (χ0) is 16.5. The second-order valence-corrected chi connectivity index (χ2v) is 7.00. The lowest BCUT2D eigenvalue weighted by atomic mass is 10.00. The first-order valence-corrected chi connectivity index (χ1v) is 9.10. The molecule has 0 bridgehead atoms. The summed E-state index contributed by atoms with van der Waals surface area (Å²) in [5, 5.41) is 6.81. The molecule has 24 heavy (non-hydrogen) atoms. The van der Waals surface area contributed by atoms with Crippen LogP contribution in [0.1, 0.15) is 40.9 Å². The van der Waals surface area contributed by atoms with Crippen molar-refractivity contribution in [3.8, 4) is 0 Å². The lowest BCUT2D eigenvalue weighted by Gasteiger charge is -2.20. The quantitative estimate of drug-likeness (QED) is 0.866. The Kier molecular flexibility index (Phi) is 4.19. The van der Waals surface area contributed by atoms with Gasteiger partial charge in [0.15, 0.2) is 11.0 Å². The summed E-state index contributed by atoms with van der Waals surface area (Å²) in [6.07, 6.45) is 2.68. The van der Waals surface area contributed by atoms with Crippen molar-refractivity contribution in [1.82, 2.24) is 24.6 Å². The van der Waals surface area contributed by atoms with Crippen LogP contribution in [0.3, 0.4) is 0 Å². The molecule has 2 aliphatic heterocycles. The second kappa shape index (κ2) is 6.48. The molecule has 4 heterocycles. The monoisotopic (exact) mass is 348 g/mol. The molecule has 0 atom stereocenters. The third kappa shape index (κ3) is 3.01. The van der Waals surface area contributed by atoms with E-state index in [0.717, 1.165) is 37.7 Å². The Hall–Kier alpha value is -2.00. The molecule has 1 fully saturated rings. The maximum absolute atomic E-state index is 12.5. The van der Waals surface area contributed by atoms with E-state index in [9.17, 15) is 4.79 Å². The van der Waals surface area contributed by atoms with Crippen LogP contribution < -0.4 is 5.73 Å². The molecule has 0 aliphatic carbocycles. The maximum Gasteiger partial charge on any atom is 0.273 e. The Morgan fingerprint density at radius 1 is 1.25 bits per heavy atom. The molecule has 2 aliphatic rings. The molecule has 9 heteroatoms. The number of carbonyl (C=O) groups is 1. The van der Waals surface area contributed by atoms with E-state index in [2.05, 4.69) is 10.1 Å². The molecular weight excluding hydrogens is 328 g/mol. The Balaban J connectivity index is 1.45. The van der Waals surface area contributed by atoms with Crippen molar-refractivity contribution >= 4 is 22.4 Å². The lowest BCUT2D eigenvalue weighted by molar-refractivity contribution is 0.0751. The highest BCUT2D eigenvalue weighted by Crippen LogP contribution is 2.25. The summed E-state index contributed by atoms with van der Waals surface area (Å²) < 4.78 is 7.36. The van der Waals surface area contributed by atoms with Gasteiger partial charge in [0.2, 0.25) is 0 Å². The minimum absolute atomic E-state index is 0.0710. The molecule has 8 nitrogen and oxygen atoms in total. The summed E-state index contributed by atoms with van der Waals surface area (Å²) in [6.45, 7) is 3.47. The van der Waals surface area contributed by atoms with Gasteiger partial charge in [0.05, 0.1) is 6.54 Å². The number of hydrogen-bond donors (Lipinski definition) is 1. The van der Waals surface area contributed by atoms with E-state index in [4.69, 9.17) is 15.5 Å². The van der Waals surface area contributed by atoms with E-state index in [1.807, 2.05) is 4.68 Å². The van der Waals surface area contributed by atoms with Gasteiger partial charge in [0, 0.05) is 44.0 Å². The highest BCUT2D eigenvalue weighted by Gasteiger charge is 2.26. The Bertz CT molecular complexity index is 711. The average molecular weight is 348 g/mol. The highest BCUT2D eigenvalue weighted by atomic mass is 32.1. The number of thiazole rings is 1. The smallest absolute Gasteiger partial charge is 0.273 e. The van der Waals surface area contributed by atoms with Gasteiger partial charge in [-0.15, -0.1) is 11.3 Å². The molecule has 1 amide bonds. The molecule has 1 saturated heterocycles. The third-order valence-corrected chi connectivity index (χ3v) is 5.24. The predicted octanol–water partition coefficient (Wildman–Crippen LogP) is 0.909. The summed E-state index contributed by atoms with van der Waals surface area (Å²) >= 11 is 1.29. The van der Waals surface area contributed by atoms with Gasteiger partial charge in [-0.3, -0.25) is 4.79 Å². The van der Waals surface area contributed by atoms with Crippen LogP contribution in [0.4, 0.5) is 5.13 Å². The van der Waals surface area contributed by atoms with Crippen LogP contribution in [0.25, 0.3) is 0 Å². The maximum atomic E-state index is 12.5. The van der Waals surface area contributed by atoms with Gasteiger partial charge in [0.25, 0.3) is 5.91 Å². The summed E-state index contributed by atoms with van der Waals surface area (Å²) in [7, 11) is 0. The molecule has 0 unspecified atom stereocenters. The van der Waals surface area contributed by atoms with Crippen LogP contribution in [-0.4, -0.2) is 56.9 Å². The van der Waals surface area contributed by atoms with Gasteiger partial charge in [-0.05, 0) is 12.8 Å². The van der Waals surface area contributed by atoms with Crippen molar-refractivity contribution in [2.24, 2.45) is 0 Å². The van der Waals surface area contributed by atoms with Crippen LogP contribution in [0.15, 0.2) is 5.38 Å². The Labute approximate surface area is 143 Å². The summed E-state index contributed by atoms with van der Waals surface area (Å²) in [4.78, 5) is 23.1. The molecular formula is C15H20N6O2S. The predicted molar refractivity (Wildman–Crippen MR) is 88.9 cm³/mol. The molecule has 2 aromatic rings. The molecule has 0 spiro atoms. The number of nitrogens with two attached hydrogens (primary N) is 1. The van der Waals surface area contributed by atoms with Crippen molar-refractivity contribution in [2.75, 3.05) is 32.0 Å². The van der Waals surface area contributed by atoms with Crippen molar-refractivity contribution in [1.29, 1.82) is 0 Å². The average Bonchev–Trinajstić information content (AvgIpc) is 3.17. The minimum atomic E-state index is -0.0710. The molecule has 2 aromatic heterocycles. The molecule has 2 N–H and O–H groups in total. The second-order valence-electron chi connectivity index (χ2n) is 6.11. The van der Waals surface area contributed by atoms with Gasteiger partial charge in [0.1, 0.15) is 11.5 Å². The molecule has 0 radical (unpaired) electrons. The molecule has 128 valence electrons. The van der Waals surface area contributed by atoms with Crippen molar-refractivity contribution < 1.29 is 9.53 Å². The molecule has 4 rings (SSSR count). The zero-order valence-electron chi connectivity index (χ0n) is 13.3. The SMILES string of the molecule is Nc1nc(C(=O)N2CCc3nc(C4CCOCC4)nn3CC2)cs1. The van der Waals surface area contributed by atoms with Crippen LogP contribution in [0, 0.1) is 0 Å². The minimum Gasteiger partial charge on any atom is -0.381 e. The van der Waals surface area contributed by atoms with Crippen LogP contribution >= 0.6 is 11.3 Å². The first kappa shape index (κ1) is 15.5. The number of nitrogen functional groups attached to an aromatic ring is 1. The first-order chi connectivity index (χ1) is 11.7. The summed E-state index contributed by atoms with van der Waals surface area (Å²) in [5.41, 5.74) is 6.04. The van der Waals surface area contributed by atoms with Gasteiger partial charge < -0.3 is 15.4 Å². The van der Waals surface area contributed by atoms with Crippen LogP contribution in [0.2, 0.25) is 0 Å². The summed E-state index contributed by atoms with van der Waals surface area (Å²) in [5.74, 6) is 2.22. The van der Waals surface area contributed by atoms with Gasteiger partial charge in [-0.2, -0.15) is 5.10 Å². The summed E-state index contributed by atoms with van der Waals surface area (Å²) in [6, 6.07) is 0. The van der Waals surface area contributed by atoms with Crippen LogP contribution in [0.5, 0.6) is 0 Å². The number of aromatic nitrogens is 4. The number of rotatable bonds is 2. The Morgan fingerprint density at radius 3 is 2.83 bits per heavy atom. The standard InChI is InChI=1S/C15H20N6O2S/c16-15-17-11(9-24-15)14(22)20-4-1-12-18-13(19-21(12)6-5-20)10-2-7-23-8-3-10/h9-10H,1-8H2,(H2,16,17). The molecule has 0 aromatic carbocycles. The van der Waals surface area contributed by atoms with E-state index in [1.54, 1.807) is 10.3 Å². The van der Waals surface area contributed by atoms with Crippen molar-refractivity contribution in [2.45, 2.75) is 31.7 Å². The number of nitrogens with zero attached hydrogens (tertiary/aromatic N) is 5. The number of anilines is 1. The normalized spacial score (nSPS) is 19.1.